The number of carbonyl (C=O) groups is 1. The van der Waals surface area contributed by atoms with Crippen LogP contribution in [0.3, 0.4) is 0 Å². The number of aliphatic carboxylic acids is 1. The fourth-order valence-electron chi connectivity index (χ4n) is 2.25. The maximum atomic E-state index is 13.7. The van der Waals surface area contributed by atoms with E-state index in [-0.39, 0.29) is 5.82 Å². The molecule has 0 aliphatic heterocycles. The van der Waals surface area contributed by atoms with Crippen LogP contribution in [-0.4, -0.2) is 24.2 Å². The van der Waals surface area contributed by atoms with Crippen LogP contribution in [0.2, 0.25) is 0 Å². The molecule has 1 N–H and O–H groups in total. The van der Waals surface area contributed by atoms with E-state index in [2.05, 4.69) is 11.8 Å². The summed E-state index contributed by atoms with van der Waals surface area (Å²) in [7, 11) is 0. The Morgan fingerprint density at radius 2 is 2.20 bits per heavy atom. The van der Waals surface area contributed by atoms with E-state index in [1.165, 1.54) is 31.1 Å². The van der Waals surface area contributed by atoms with Crippen LogP contribution in [0.4, 0.5) is 10.1 Å². The Labute approximate surface area is 118 Å². The van der Waals surface area contributed by atoms with E-state index in [1.807, 2.05) is 6.07 Å². The van der Waals surface area contributed by atoms with E-state index in [9.17, 15) is 9.18 Å². The predicted molar refractivity (Wildman–Crippen MR) is 78.3 cm³/mol. The molecule has 20 heavy (non-hydrogen) atoms. The molecule has 0 unspecified atom stereocenters. The highest BCUT2D eigenvalue weighted by Gasteiger charge is 2.24. The molecule has 0 heterocycles. The number of halogens is 1. The van der Waals surface area contributed by atoms with Gasteiger partial charge in [0, 0.05) is 24.9 Å². The summed E-state index contributed by atoms with van der Waals surface area (Å²) in [6.45, 7) is 3.95. The van der Waals surface area contributed by atoms with Crippen LogP contribution in [0.25, 0.3) is 6.08 Å². The minimum absolute atomic E-state index is 0.329. The van der Waals surface area contributed by atoms with E-state index in [0.717, 1.165) is 37.2 Å². The van der Waals surface area contributed by atoms with Crippen LogP contribution in [-0.2, 0) is 4.79 Å². The quantitative estimate of drug-likeness (QED) is 0.775. The van der Waals surface area contributed by atoms with Crippen molar-refractivity contribution in [3.63, 3.8) is 0 Å². The Morgan fingerprint density at radius 3 is 2.80 bits per heavy atom. The van der Waals surface area contributed by atoms with Gasteiger partial charge in [-0.15, -0.1) is 0 Å². The molecule has 0 spiro atoms. The smallest absolute Gasteiger partial charge is 0.328 e. The van der Waals surface area contributed by atoms with E-state index in [1.54, 1.807) is 0 Å². The van der Waals surface area contributed by atoms with Gasteiger partial charge in [-0.25, -0.2) is 9.18 Å². The van der Waals surface area contributed by atoms with Crippen LogP contribution < -0.4 is 4.90 Å². The third-order valence-electron chi connectivity index (χ3n) is 3.36. The summed E-state index contributed by atoms with van der Waals surface area (Å²) in [4.78, 5) is 12.7. The predicted octanol–water partition coefficient (Wildman–Crippen LogP) is 3.55. The normalized spacial score (nSPS) is 14.7. The molecule has 0 atom stereocenters. The lowest BCUT2D eigenvalue weighted by Gasteiger charge is -2.24. The van der Waals surface area contributed by atoms with Crippen molar-refractivity contribution in [3.8, 4) is 0 Å². The fourth-order valence-corrected chi connectivity index (χ4v) is 2.25. The lowest BCUT2D eigenvalue weighted by Crippen LogP contribution is -2.26. The van der Waals surface area contributed by atoms with Gasteiger partial charge in [-0.3, -0.25) is 0 Å². The highest BCUT2D eigenvalue weighted by atomic mass is 19.1. The number of carboxylic acids is 1. The highest BCUT2D eigenvalue weighted by Crippen LogP contribution is 2.32. The van der Waals surface area contributed by atoms with Crippen LogP contribution in [0.1, 0.15) is 31.7 Å². The maximum Gasteiger partial charge on any atom is 0.328 e. The van der Waals surface area contributed by atoms with Crippen molar-refractivity contribution < 1.29 is 14.3 Å². The molecule has 1 fully saturated rings. The third-order valence-corrected chi connectivity index (χ3v) is 3.36. The molecule has 1 aliphatic carbocycles. The molecular weight excluding hydrogens is 257 g/mol. The van der Waals surface area contributed by atoms with Crippen molar-refractivity contribution in [2.24, 2.45) is 5.92 Å². The second-order valence-electron chi connectivity index (χ2n) is 5.30. The minimum Gasteiger partial charge on any atom is -0.478 e. The summed E-state index contributed by atoms with van der Waals surface area (Å²) in [5.74, 6) is -0.633. The number of hydrogen-bond acceptors (Lipinski definition) is 2. The molecule has 0 amide bonds. The van der Waals surface area contributed by atoms with Crippen molar-refractivity contribution in [2.45, 2.75) is 26.2 Å². The Hall–Kier alpha value is -1.84. The summed E-state index contributed by atoms with van der Waals surface area (Å²) in [5.41, 5.74) is 1.42. The van der Waals surface area contributed by atoms with E-state index >= 15 is 0 Å². The topological polar surface area (TPSA) is 40.5 Å². The number of rotatable bonds is 7. The SMILES string of the molecule is CCCN(CC1CC1)c1cc(F)cc(/C=C/C(=O)O)c1. The molecule has 4 heteroatoms. The summed E-state index contributed by atoms with van der Waals surface area (Å²) in [6, 6.07) is 4.72. The molecule has 1 aromatic rings. The van der Waals surface area contributed by atoms with Gasteiger partial charge in [0.2, 0.25) is 0 Å². The highest BCUT2D eigenvalue weighted by molar-refractivity contribution is 5.85. The first-order valence-corrected chi connectivity index (χ1v) is 7.05. The molecule has 1 saturated carbocycles. The molecule has 3 nitrogen and oxygen atoms in total. The van der Waals surface area contributed by atoms with Gasteiger partial charge in [0.1, 0.15) is 5.82 Å². The zero-order valence-electron chi connectivity index (χ0n) is 11.7. The summed E-state index contributed by atoms with van der Waals surface area (Å²) < 4.78 is 13.7. The Kier molecular flexibility index (Phi) is 4.77. The van der Waals surface area contributed by atoms with Gasteiger partial charge < -0.3 is 10.0 Å². The maximum absolute atomic E-state index is 13.7. The number of carboxylic acid groups (broad SMARTS) is 1. The van der Waals surface area contributed by atoms with Crippen molar-refractivity contribution >= 4 is 17.7 Å². The van der Waals surface area contributed by atoms with Gasteiger partial charge in [-0.2, -0.15) is 0 Å². The first kappa shape index (κ1) is 14.6. The first-order chi connectivity index (χ1) is 9.58. The lowest BCUT2D eigenvalue weighted by atomic mass is 10.1. The van der Waals surface area contributed by atoms with Gasteiger partial charge in [-0.05, 0) is 55.0 Å². The third kappa shape index (κ3) is 4.37. The van der Waals surface area contributed by atoms with Gasteiger partial charge in [0.15, 0.2) is 0 Å². The molecule has 1 aliphatic rings. The van der Waals surface area contributed by atoms with E-state index in [4.69, 9.17) is 5.11 Å². The molecular formula is C16H20FNO2. The Morgan fingerprint density at radius 1 is 1.45 bits per heavy atom. The van der Waals surface area contributed by atoms with Gasteiger partial charge in [0.05, 0.1) is 0 Å². The monoisotopic (exact) mass is 277 g/mol. The van der Waals surface area contributed by atoms with E-state index in [0.29, 0.717) is 5.56 Å². The van der Waals surface area contributed by atoms with Crippen molar-refractivity contribution in [3.05, 3.63) is 35.7 Å². The Bertz CT molecular complexity index is 509. The van der Waals surface area contributed by atoms with Gasteiger partial charge in [0.25, 0.3) is 0 Å². The zero-order chi connectivity index (χ0) is 14.5. The van der Waals surface area contributed by atoms with Gasteiger partial charge >= 0.3 is 5.97 Å². The zero-order valence-corrected chi connectivity index (χ0v) is 11.7. The number of benzene rings is 1. The number of hydrogen-bond donors (Lipinski definition) is 1. The fraction of sp³-hybridized carbons (Fsp3) is 0.438. The lowest BCUT2D eigenvalue weighted by molar-refractivity contribution is -0.131. The van der Waals surface area contributed by atoms with Gasteiger partial charge in [-0.1, -0.05) is 6.92 Å². The van der Waals surface area contributed by atoms with Crippen molar-refractivity contribution in [1.29, 1.82) is 0 Å². The average molecular weight is 277 g/mol. The van der Waals surface area contributed by atoms with Crippen LogP contribution in [0.5, 0.6) is 0 Å². The molecule has 108 valence electrons. The van der Waals surface area contributed by atoms with Crippen molar-refractivity contribution in [1.82, 2.24) is 0 Å². The standard InChI is InChI=1S/C16H20FNO2/c1-2-7-18(11-12-3-4-12)15-9-13(5-6-16(19)20)8-14(17)10-15/h5-6,8-10,12H,2-4,7,11H2,1H3,(H,19,20)/b6-5+. The average Bonchev–Trinajstić information content (AvgIpc) is 3.19. The van der Waals surface area contributed by atoms with Crippen LogP contribution >= 0.6 is 0 Å². The molecule has 0 bridgehead atoms. The Balaban J connectivity index is 2.21. The van der Waals surface area contributed by atoms with Crippen LogP contribution in [0, 0.1) is 11.7 Å². The second-order valence-corrected chi connectivity index (χ2v) is 5.30. The summed E-state index contributed by atoms with van der Waals surface area (Å²) >= 11 is 0. The largest absolute Gasteiger partial charge is 0.478 e. The second kappa shape index (κ2) is 6.55. The number of nitrogens with zero attached hydrogens (tertiary/aromatic N) is 1. The molecule has 1 aromatic carbocycles. The van der Waals surface area contributed by atoms with Crippen molar-refractivity contribution in [2.75, 3.05) is 18.0 Å². The molecule has 0 saturated heterocycles. The number of anilines is 1. The van der Waals surface area contributed by atoms with E-state index < -0.39 is 5.97 Å². The van der Waals surface area contributed by atoms with Crippen LogP contribution in [0.15, 0.2) is 24.3 Å². The minimum atomic E-state index is -1.03. The molecule has 0 aromatic heterocycles. The molecule has 0 radical (unpaired) electrons. The first-order valence-electron chi connectivity index (χ1n) is 7.05. The summed E-state index contributed by atoms with van der Waals surface area (Å²) in [6.07, 6.45) is 5.96. The molecule has 2 rings (SSSR count). The summed E-state index contributed by atoms with van der Waals surface area (Å²) in [5, 5.41) is 8.64.